The first-order valence-corrected chi connectivity index (χ1v) is 6.26. The lowest BCUT2D eigenvalue weighted by atomic mass is 10.1. The van der Waals surface area contributed by atoms with Gasteiger partial charge in [0.05, 0.1) is 11.7 Å². The van der Waals surface area contributed by atoms with Crippen LogP contribution < -0.4 is 5.32 Å². The van der Waals surface area contributed by atoms with E-state index in [0.29, 0.717) is 6.54 Å². The first-order valence-electron chi connectivity index (χ1n) is 6.26. The number of nitrogens with zero attached hydrogens (tertiary/aromatic N) is 1. The number of aromatic nitrogens is 1. The van der Waals surface area contributed by atoms with E-state index in [1.54, 1.807) is 0 Å². The van der Waals surface area contributed by atoms with Gasteiger partial charge in [-0.25, -0.2) is 4.79 Å². The van der Waals surface area contributed by atoms with E-state index in [2.05, 4.69) is 10.3 Å². The molecule has 1 aliphatic heterocycles. The van der Waals surface area contributed by atoms with Gasteiger partial charge in [0.2, 0.25) is 0 Å². The van der Waals surface area contributed by atoms with E-state index in [4.69, 9.17) is 9.84 Å². The summed E-state index contributed by atoms with van der Waals surface area (Å²) >= 11 is 0. The number of hydrogen-bond acceptors (Lipinski definition) is 4. The summed E-state index contributed by atoms with van der Waals surface area (Å²) in [6.07, 6.45) is 4.41. The molecule has 1 aromatic rings. The number of aromatic carboxylic acids is 1. The fourth-order valence-electron chi connectivity index (χ4n) is 2.06. The van der Waals surface area contributed by atoms with Crippen molar-refractivity contribution in [3.05, 3.63) is 29.6 Å². The molecule has 1 amide bonds. The quantitative estimate of drug-likeness (QED) is 0.830. The predicted octanol–water partition coefficient (Wildman–Crippen LogP) is 1.08. The number of carbonyl (C=O) groups excluding carboxylic acids is 1. The average Bonchev–Trinajstić information content (AvgIpc) is 2.91. The van der Waals surface area contributed by atoms with Gasteiger partial charge in [0.25, 0.3) is 5.91 Å². The lowest BCUT2D eigenvalue weighted by Crippen LogP contribution is -2.29. The van der Waals surface area contributed by atoms with Gasteiger partial charge in [-0.05, 0) is 31.4 Å². The highest BCUT2D eigenvalue weighted by atomic mass is 16.5. The minimum Gasteiger partial charge on any atom is -0.478 e. The van der Waals surface area contributed by atoms with Crippen molar-refractivity contribution in [1.29, 1.82) is 0 Å². The average molecular weight is 264 g/mol. The van der Waals surface area contributed by atoms with Crippen molar-refractivity contribution in [2.24, 2.45) is 0 Å². The van der Waals surface area contributed by atoms with Crippen LogP contribution in [0, 0.1) is 0 Å². The molecule has 2 N–H and O–H groups in total. The third kappa shape index (κ3) is 3.51. The Morgan fingerprint density at radius 1 is 1.53 bits per heavy atom. The lowest BCUT2D eigenvalue weighted by molar-refractivity contribution is 0.0689. The second-order valence-corrected chi connectivity index (χ2v) is 4.38. The molecule has 1 unspecified atom stereocenters. The van der Waals surface area contributed by atoms with Crippen LogP contribution in [-0.2, 0) is 4.74 Å². The summed E-state index contributed by atoms with van der Waals surface area (Å²) in [6.45, 7) is 1.24. The topological polar surface area (TPSA) is 88.5 Å². The first kappa shape index (κ1) is 13.5. The SMILES string of the molecule is O=C(O)c1cccnc1C(=O)NCCC1CCCO1. The summed E-state index contributed by atoms with van der Waals surface area (Å²) in [5.41, 5.74) is -0.139. The Bertz CT molecular complexity index is 469. The minimum absolute atomic E-state index is 0.0534. The molecule has 0 spiro atoms. The minimum atomic E-state index is -1.16. The molecular formula is C13H16N2O4. The molecule has 1 aromatic heterocycles. The lowest BCUT2D eigenvalue weighted by Gasteiger charge is -2.10. The maximum atomic E-state index is 11.9. The van der Waals surface area contributed by atoms with Gasteiger partial charge in [-0.2, -0.15) is 0 Å². The van der Waals surface area contributed by atoms with Crippen molar-refractivity contribution in [3.63, 3.8) is 0 Å². The standard InChI is InChI=1S/C13H16N2O4/c16-12(15-7-5-9-3-2-8-19-9)11-10(13(17)18)4-1-6-14-11/h1,4,6,9H,2-3,5,7-8H2,(H,15,16)(H,17,18). The van der Waals surface area contributed by atoms with Crippen molar-refractivity contribution in [2.75, 3.05) is 13.2 Å². The number of rotatable bonds is 5. The molecule has 6 nitrogen and oxygen atoms in total. The third-order valence-corrected chi connectivity index (χ3v) is 3.03. The normalized spacial score (nSPS) is 18.2. The Kier molecular flexibility index (Phi) is 4.46. The van der Waals surface area contributed by atoms with Crippen molar-refractivity contribution >= 4 is 11.9 Å². The number of nitrogens with one attached hydrogen (secondary N) is 1. The Hall–Kier alpha value is -1.95. The van der Waals surface area contributed by atoms with Gasteiger partial charge >= 0.3 is 5.97 Å². The summed E-state index contributed by atoms with van der Waals surface area (Å²) < 4.78 is 5.44. The van der Waals surface area contributed by atoms with Crippen LogP contribution in [0.3, 0.4) is 0 Å². The largest absolute Gasteiger partial charge is 0.478 e. The van der Waals surface area contributed by atoms with E-state index in [1.165, 1.54) is 18.3 Å². The van der Waals surface area contributed by atoms with Crippen molar-refractivity contribution < 1.29 is 19.4 Å². The van der Waals surface area contributed by atoms with Gasteiger partial charge in [0, 0.05) is 19.3 Å². The molecule has 0 bridgehead atoms. The number of carboxylic acids is 1. The summed E-state index contributed by atoms with van der Waals surface area (Å²) in [7, 11) is 0. The monoisotopic (exact) mass is 264 g/mol. The molecule has 102 valence electrons. The van der Waals surface area contributed by atoms with E-state index >= 15 is 0 Å². The molecule has 2 heterocycles. The molecular weight excluding hydrogens is 248 g/mol. The molecule has 0 aliphatic carbocycles. The van der Waals surface area contributed by atoms with Crippen LogP contribution in [0.1, 0.15) is 40.1 Å². The Balaban J connectivity index is 1.90. The van der Waals surface area contributed by atoms with Crippen LogP contribution in [-0.4, -0.2) is 41.2 Å². The van der Waals surface area contributed by atoms with Crippen molar-refractivity contribution in [3.8, 4) is 0 Å². The van der Waals surface area contributed by atoms with Gasteiger partial charge in [-0.15, -0.1) is 0 Å². The number of carbonyl (C=O) groups is 2. The Labute approximate surface area is 110 Å². The van der Waals surface area contributed by atoms with Crippen LogP contribution >= 0.6 is 0 Å². The molecule has 1 aliphatic rings. The number of ether oxygens (including phenoxy) is 1. The molecule has 1 atom stereocenters. The molecule has 2 rings (SSSR count). The van der Waals surface area contributed by atoms with Crippen LogP contribution in [0.4, 0.5) is 0 Å². The van der Waals surface area contributed by atoms with Crippen LogP contribution in [0.15, 0.2) is 18.3 Å². The number of hydrogen-bond donors (Lipinski definition) is 2. The van der Waals surface area contributed by atoms with E-state index in [-0.39, 0.29) is 17.4 Å². The Morgan fingerprint density at radius 2 is 2.37 bits per heavy atom. The third-order valence-electron chi connectivity index (χ3n) is 3.03. The van der Waals surface area contributed by atoms with Gasteiger partial charge < -0.3 is 15.2 Å². The summed E-state index contributed by atoms with van der Waals surface area (Å²) in [4.78, 5) is 26.7. The highest BCUT2D eigenvalue weighted by molar-refractivity contribution is 6.03. The molecule has 0 radical (unpaired) electrons. The summed E-state index contributed by atoms with van der Waals surface area (Å²) in [6, 6.07) is 2.86. The number of carboxylic acid groups (broad SMARTS) is 1. The number of amides is 1. The molecule has 19 heavy (non-hydrogen) atoms. The molecule has 6 heteroatoms. The van der Waals surface area contributed by atoms with Crippen LogP contribution in [0.2, 0.25) is 0 Å². The van der Waals surface area contributed by atoms with E-state index < -0.39 is 11.9 Å². The van der Waals surface area contributed by atoms with Gasteiger partial charge in [-0.1, -0.05) is 0 Å². The first-order chi connectivity index (χ1) is 9.18. The smallest absolute Gasteiger partial charge is 0.338 e. The number of pyridine rings is 1. The van der Waals surface area contributed by atoms with Gasteiger partial charge in [0.1, 0.15) is 5.69 Å². The fraction of sp³-hybridized carbons (Fsp3) is 0.462. The maximum absolute atomic E-state index is 11.9. The van der Waals surface area contributed by atoms with Crippen molar-refractivity contribution in [1.82, 2.24) is 10.3 Å². The highest BCUT2D eigenvalue weighted by Gasteiger charge is 2.19. The molecule has 0 saturated carbocycles. The maximum Gasteiger partial charge on any atom is 0.338 e. The second-order valence-electron chi connectivity index (χ2n) is 4.38. The fourth-order valence-corrected chi connectivity index (χ4v) is 2.06. The Morgan fingerprint density at radius 3 is 3.05 bits per heavy atom. The van der Waals surface area contributed by atoms with E-state index in [0.717, 1.165) is 25.9 Å². The van der Waals surface area contributed by atoms with E-state index in [9.17, 15) is 9.59 Å². The van der Waals surface area contributed by atoms with Gasteiger partial charge in [0.15, 0.2) is 0 Å². The summed E-state index contributed by atoms with van der Waals surface area (Å²) in [5, 5.41) is 11.6. The zero-order valence-corrected chi connectivity index (χ0v) is 10.5. The van der Waals surface area contributed by atoms with Crippen LogP contribution in [0.25, 0.3) is 0 Å². The predicted molar refractivity (Wildman–Crippen MR) is 67.1 cm³/mol. The van der Waals surface area contributed by atoms with Crippen molar-refractivity contribution in [2.45, 2.75) is 25.4 Å². The zero-order valence-electron chi connectivity index (χ0n) is 10.5. The van der Waals surface area contributed by atoms with Gasteiger partial charge in [-0.3, -0.25) is 9.78 Å². The van der Waals surface area contributed by atoms with E-state index in [1.807, 2.05) is 0 Å². The molecule has 0 aromatic carbocycles. The summed E-state index contributed by atoms with van der Waals surface area (Å²) in [5.74, 6) is -1.62. The van der Waals surface area contributed by atoms with Crippen LogP contribution in [0.5, 0.6) is 0 Å². The molecule has 1 fully saturated rings. The second kappa shape index (κ2) is 6.29. The highest BCUT2D eigenvalue weighted by Crippen LogP contribution is 2.14. The zero-order chi connectivity index (χ0) is 13.7. The molecule has 1 saturated heterocycles.